The Labute approximate surface area is 175 Å². The molecule has 0 bridgehead atoms. The fraction of sp³-hybridized carbons (Fsp3) is 0.240. The molecule has 0 amide bonds. The van der Waals surface area contributed by atoms with Crippen molar-refractivity contribution in [2.75, 3.05) is 14.2 Å². The highest BCUT2D eigenvalue weighted by Crippen LogP contribution is 2.40. The largest absolute Gasteiger partial charge is 0.493 e. The third-order valence-corrected chi connectivity index (χ3v) is 5.79. The van der Waals surface area contributed by atoms with E-state index >= 15 is 0 Å². The van der Waals surface area contributed by atoms with Gasteiger partial charge >= 0.3 is 0 Å². The molecule has 2 heterocycles. The molecule has 0 aliphatic heterocycles. The van der Waals surface area contributed by atoms with Gasteiger partial charge in [0.15, 0.2) is 17.3 Å². The number of aromatic nitrogens is 2. The fourth-order valence-corrected chi connectivity index (χ4v) is 4.40. The van der Waals surface area contributed by atoms with E-state index in [0.29, 0.717) is 0 Å². The summed E-state index contributed by atoms with van der Waals surface area (Å²) in [5.41, 5.74) is 7.27. The summed E-state index contributed by atoms with van der Waals surface area (Å²) in [6.07, 6.45) is 7.17. The van der Waals surface area contributed by atoms with Crippen molar-refractivity contribution in [1.82, 2.24) is 9.72 Å². The van der Waals surface area contributed by atoms with E-state index in [9.17, 15) is 0 Å². The number of fused-ring (bicyclic) bond motifs is 3. The lowest BCUT2D eigenvalue weighted by Gasteiger charge is -2.14. The molecule has 152 valence electrons. The maximum atomic E-state index is 5.68. The number of benzene rings is 2. The van der Waals surface area contributed by atoms with Gasteiger partial charge < -0.3 is 18.6 Å². The highest BCUT2D eigenvalue weighted by Gasteiger charge is 2.25. The maximum absolute atomic E-state index is 5.68. The molecule has 30 heavy (non-hydrogen) atoms. The highest BCUT2D eigenvalue weighted by atomic mass is 16.5. The normalized spacial score (nSPS) is 12.7. The number of nitrogens with zero attached hydrogens (tertiary/aromatic N) is 2. The van der Waals surface area contributed by atoms with Crippen LogP contribution in [0.2, 0.25) is 0 Å². The number of hydrogen-bond donors (Lipinski definition) is 0. The van der Waals surface area contributed by atoms with E-state index in [1.807, 2.05) is 18.3 Å². The van der Waals surface area contributed by atoms with Crippen LogP contribution in [-0.4, -0.2) is 23.9 Å². The molecule has 2 aromatic carbocycles. The van der Waals surface area contributed by atoms with Crippen LogP contribution in [0.5, 0.6) is 11.5 Å². The smallest absolute Gasteiger partial charge is 0.171 e. The number of methoxy groups -OCH3 is 2. The molecular weight excluding hydrogens is 376 g/mol. The molecule has 5 nitrogen and oxygen atoms in total. The molecule has 4 aromatic rings. The Bertz CT molecular complexity index is 1170. The quantitative estimate of drug-likeness (QED) is 0.452. The first kappa shape index (κ1) is 18.6. The van der Waals surface area contributed by atoms with Crippen molar-refractivity contribution in [3.8, 4) is 34.1 Å². The van der Waals surface area contributed by atoms with Crippen LogP contribution in [-0.2, 0) is 19.4 Å². The molecule has 0 fully saturated rings. The van der Waals surface area contributed by atoms with Crippen LogP contribution in [0.3, 0.4) is 0 Å². The first-order valence-electron chi connectivity index (χ1n) is 10.2. The van der Waals surface area contributed by atoms with Crippen molar-refractivity contribution < 1.29 is 14.0 Å². The predicted octanol–water partition coefficient (Wildman–Crippen LogP) is 5.36. The topological polar surface area (TPSA) is 49.4 Å². The fourth-order valence-electron chi connectivity index (χ4n) is 4.40. The van der Waals surface area contributed by atoms with Crippen molar-refractivity contribution in [3.05, 3.63) is 77.6 Å². The summed E-state index contributed by atoms with van der Waals surface area (Å²) in [6, 6.07) is 16.7. The SMILES string of the molecule is COc1ccc(Cn2cc3c(c2-c2ccccc2)CCCc2cnoc2-3)cc1OC. The highest BCUT2D eigenvalue weighted by molar-refractivity contribution is 5.77. The third-order valence-electron chi connectivity index (χ3n) is 5.79. The summed E-state index contributed by atoms with van der Waals surface area (Å²) in [5.74, 6) is 2.38. The van der Waals surface area contributed by atoms with E-state index in [2.05, 4.69) is 52.3 Å². The van der Waals surface area contributed by atoms with Crippen LogP contribution in [0.25, 0.3) is 22.6 Å². The van der Waals surface area contributed by atoms with Crippen LogP contribution in [0.4, 0.5) is 0 Å². The summed E-state index contributed by atoms with van der Waals surface area (Å²) in [7, 11) is 3.32. The van der Waals surface area contributed by atoms with Gasteiger partial charge in [0.2, 0.25) is 0 Å². The predicted molar refractivity (Wildman–Crippen MR) is 116 cm³/mol. The molecule has 5 heteroatoms. The summed E-state index contributed by atoms with van der Waals surface area (Å²) < 4.78 is 18.9. The van der Waals surface area contributed by atoms with Crippen molar-refractivity contribution in [2.24, 2.45) is 0 Å². The van der Waals surface area contributed by atoms with Crippen LogP contribution in [0.15, 0.2) is 65.4 Å². The monoisotopic (exact) mass is 400 g/mol. The van der Waals surface area contributed by atoms with Crippen LogP contribution >= 0.6 is 0 Å². The molecule has 0 spiro atoms. The molecule has 0 atom stereocenters. The maximum Gasteiger partial charge on any atom is 0.171 e. The van der Waals surface area contributed by atoms with Crippen molar-refractivity contribution in [1.29, 1.82) is 0 Å². The van der Waals surface area contributed by atoms with Gasteiger partial charge in [0.25, 0.3) is 0 Å². The van der Waals surface area contributed by atoms with Gasteiger partial charge in [-0.2, -0.15) is 0 Å². The number of aryl methyl sites for hydroxylation is 1. The van der Waals surface area contributed by atoms with E-state index in [1.165, 1.54) is 22.4 Å². The summed E-state index contributed by atoms with van der Waals surface area (Å²) in [4.78, 5) is 0. The lowest BCUT2D eigenvalue weighted by atomic mass is 10.0. The third kappa shape index (κ3) is 3.16. The second-order valence-electron chi connectivity index (χ2n) is 7.59. The first-order chi connectivity index (χ1) is 14.8. The van der Waals surface area contributed by atoms with E-state index in [1.54, 1.807) is 14.2 Å². The van der Waals surface area contributed by atoms with E-state index < -0.39 is 0 Å². The molecular formula is C25H24N2O3. The van der Waals surface area contributed by atoms with Crippen molar-refractivity contribution >= 4 is 0 Å². The molecule has 0 radical (unpaired) electrons. The number of hydrogen-bond acceptors (Lipinski definition) is 4. The molecule has 0 N–H and O–H groups in total. The molecule has 0 saturated heterocycles. The van der Waals surface area contributed by atoms with Gasteiger partial charge in [-0.3, -0.25) is 0 Å². The second-order valence-corrected chi connectivity index (χ2v) is 7.59. The zero-order valence-corrected chi connectivity index (χ0v) is 17.2. The second kappa shape index (κ2) is 7.75. The minimum Gasteiger partial charge on any atom is -0.493 e. The van der Waals surface area contributed by atoms with E-state index in [4.69, 9.17) is 14.0 Å². The molecule has 5 rings (SSSR count). The summed E-state index contributed by atoms with van der Waals surface area (Å²) in [5, 5.41) is 4.07. The Balaban J connectivity index is 1.65. The van der Waals surface area contributed by atoms with Crippen molar-refractivity contribution in [3.63, 3.8) is 0 Å². The Hall–Kier alpha value is -3.47. The van der Waals surface area contributed by atoms with Gasteiger partial charge in [-0.15, -0.1) is 0 Å². The summed E-state index contributed by atoms with van der Waals surface area (Å²) in [6.45, 7) is 0.723. The Morgan fingerprint density at radius 3 is 2.63 bits per heavy atom. The molecule has 0 unspecified atom stereocenters. The average molecular weight is 400 g/mol. The van der Waals surface area contributed by atoms with E-state index in [-0.39, 0.29) is 0 Å². The molecule has 0 saturated carbocycles. The Kier molecular flexibility index (Phi) is 4.79. The zero-order chi connectivity index (χ0) is 20.5. The van der Waals surface area contributed by atoms with Crippen molar-refractivity contribution in [2.45, 2.75) is 25.8 Å². The van der Waals surface area contributed by atoms with Crippen LogP contribution in [0, 0.1) is 0 Å². The Morgan fingerprint density at radius 2 is 1.83 bits per heavy atom. The number of ether oxygens (including phenoxy) is 2. The van der Waals surface area contributed by atoms with E-state index in [0.717, 1.165) is 54.2 Å². The lowest BCUT2D eigenvalue weighted by Crippen LogP contribution is -2.03. The lowest BCUT2D eigenvalue weighted by molar-refractivity contribution is 0.354. The number of rotatable bonds is 5. The standard InChI is InChI=1S/C25H24N2O3/c1-28-22-12-11-17(13-23(22)29-2)15-27-16-21-20(24(27)18-7-4-3-5-8-18)10-6-9-19-14-26-30-25(19)21/h3-5,7-8,11-14,16H,6,9-10,15H2,1-2H3. The minimum absolute atomic E-state index is 0.723. The Morgan fingerprint density at radius 1 is 1.00 bits per heavy atom. The van der Waals surface area contributed by atoms with Gasteiger partial charge in [0.1, 0.15) is 0 Å². The van der Waals surface area contributed by atoms with Gasteiger partial charge in [0, 0.05) is 23.9 Å². The van der Waals surface area contributed by atoms with Gasteiger partial charge in [-0.1, -0.05) is 41.6 Å². The summed E-state index contributed by atoms with van der Waals surface area (Å²) >= 11 is 0. The van der Waals surface area contributed by atoms with Crippen LogP contribution < -0.4 is 9.47 Å². The zero-order valence-electron chi connectivity index (χ0n) is 17.2. The molecule has 1 aliphatic rings. The average Bonchev–Trinajstić information content (AvgIpc) is 3.35. The van der Waals surface area contributed by atoms with Gasteiger partial charge in [0.05, 0.1) is 26.1 Å². The molecule has 2 aromatic heterocycles. The first-order valence-corrected chi connectivity index (χ1v) is 10.2. The van der Waals surface area contributed by atoms with Crippen LogP contribution in [0.1, 0.15) is 23.1 Å². The minimum atomic E-state index is 0.723. The van der Waals surface area contributed by atoms with Gasteiger partial charge in [-0.25, -0.2) is 0 Å². The molecule has 1 aliphatic carbocycles. The van der Waals surface area contributed by atoms with Gasteiger partial charge in [-0.05, 0) is 48.1 Å².